The van der Waals surface area contributed by atoms with Gasteiger partial charge in [-0.05, 0) is 39.3 Å². The number of carbonyl (C=O) groups is 1. The highest BCUT2D eigenvalue weighted by Gasteiger charge is 2.26. The van der Waals surface area contributed by atoms with Gasteiger partial charge < -0.3 is 10.2 Å². The predicted octanol–water partition coefficient (Wildman–Crippen LogP) is 1.39. The normalized spacial score (nSPS) is 21.6. The van der Waals surface area contributed by atoms with E-state index in [-0.39, 0.29) is 0 Å². The lowest BCUT2D eigenvalue weighted by molar-refractivity contribution is -0.132. The van der Waals surface area contributed by atoms with Crippen LogP contribution in [0.1, 0.15) is 39.0 Å². The molecule has 0 aliphatic carbocycles. The molecular weight excluding hydrogens is 176 g/mol. The van der Waals surface area contributed by atoms with Crippen LogP contribution in [0.4, 0.5) is 0 Å². The molecule has 1 rings (SSSR count). The number of amides is 1. The molecule has 0 saturated carbocycles. The molecule has 0 aromatic heterocycles. The highest BCUT2D eigenvalue weighted by molar-refractivity contribution is 5.76. The first-order valence-electron chi connectivity index (χ1n) is 5.73. The third-order valence-electron chi connectivity index (χ3n) is 2.99. The van der Waals surface area contributed by atoms with Crippen LogP contribution in [0.15, 0.2) is 0 Å². The molecule has 1 unspecified atom stereocenters. The van der Waals surface area contributed by atoms with E-state index in [0.29, 0.717) is 18.4 Å². The SMILES string of the molecule is CCC1CCCN1C(=O)CCCNC. The van der Waals surface area contributed by atoms with E-state index < -0.39 is 0 Å². The molecule has 0 bridgehead atoms. The maximum atomic E-state index is 11.8. The Balaban J connectivity index is 2.28. The Labute approximate surface area is 86.9 Å². The van der Waals surface area contributed by atoms with E-state index >= 15 is 0 Å². The van der Waals surface area contributed by atoms with Crippen molar-refractivity contribution in [3.05, 3.63) is 0 Å². The average Bonchev–Trinajstić information content (AvgIpc) is 2.65. The number of hydrogen-bond acceptors (Lipinski definition) is 2. The van der Waals surface area contributed by atoms with Gasteiger partial charge in [0.05, 0.1) is 0 Å². The third-order valence-corrected chi connectivity index (χ3v) is 2.99. The number of likely N-dealkylation sites (tertiary alicyclic amines) is 1. The van der Waals surface area contributed by atoms with Gasteiger partial charge in [-0.2, -0.15) is 0 Å². The monoisotopic (exact) mass is 198 g/mol. The molecule has 1 amide bonds. The zero-order valence-electron chi connectivity index (χ0n) is 9.38. The van der Waals surface area contributed by atoms with Gasteiger partial charge >= 0.3 is 0 Å². The van der Waals surface area contributed by atoms with Crippen LogP contribution in [0, 0.1) is 0 Å². The van der Waals surface area contributed by atoms with Gasteiger partial charge in [-0.3, -0.25) is 4.79 Å². The minimum atomic E-state index is 0.351. The molecule has 0 aromatic rings. The Morgan fingerprint density at radius 2 is 2.36 bits per heavy atom. The molecule has 1 saturated heterocycles. The van der Waals surface area contributed by atoms with E-state index in [4.69, 9.17) is 0 Å². The lowest BCUT2D eigenvalue weighted by Crippen LogP contribution is -2.35. The van der Waals surface area contributed by atoms with Gasteiger partial charge in [-0.1, -0.05) is 6.92 Å². The largest absolute Gasteiger partial charge is 0.340 e. The van der Waals surface area contributed by atoms with Gasteiger partial charge in [0.15, 0.2) is 0 Å². The average molecular weight is 198 g/mol. The molecule has 1 fully saturated rings. The van der Waals surface area contributed by atoms with Crippen LogP contribution in [-0.2, 0) is 4.79 Å². The van der Waals surface area contributed by atoms with Gasteiger partial charge in [0.1, 0.15) is 0 Å². The quantitative estimate of drug-likeness (QED) is 0.677. The minimum Gasteiger partial charge on any atom is -0.340 e. The molecule has 3 nitrogen and oxygen atoms in total. The molecular formula is C11H22N2O. The summed E-state index contributed by atoms with van der Waals surface area (Å²) in [6, 6.07) is 0.525. The zero-order chi connectivity index (χ0) is 10.4. The van der Waals surface area contributed by atoms with Crippen molar-refractivity contribution in [3.8, 4) is 0 Å². The molecule has 1 heterocycles. The van der Waals surface area contributed by atoms with Crippen molar-refractivity contribution in [3.63, 3.8) is 0 Å². The molecule has 1 atom stereocenters. The molecule has 82 valence electrons. The summed E-state index contributed by atoms with van der Waals surface area (Å²) in [5.74, 6) is 0.351. The van der Waals surface area contributed by atoms with Crippen molar-refractivity contribution in [2.75, 3.05) is 20.1 Å². The van der Waals surface area contributed by atoms with Crippen LogP contribution in [0.3, 0.4) is 0 Å². The van der Waals surface area contributed by atoms with Crippen LogP contribution in [0.2, 0.25) is 0 Å². The van der Waals surface area contributed by atoms with Crippen molar-refractivity contribution in [1.29, 1.82) is 0 Å². The standard InChI is InChI=1S/C11H22N2O/c1-3-10-6-5-9-13(10)11(14)7-4-8-12-2/h10,12H,3-9H2,1-2H3. The van der Waals surface area contributed by atoms with E-state index in [1.54, 1.807) is 0 Å². The van der Waals surface area contributed by atoms with Gasteiger partial charge in [0.25, 0.3) is 0 Å². The summed E-state index contributed by atoms with van der Waals surface area (Å²) in [5, 5.41) is 3.07. The summed E-state index contributed by atoms with van der Waals surface area (Å²) in [7, 11) is 1.93. The van der Waals surface area contributed by atoms with Crippen molar-refractivity contribution >= 4 is 5.91 Å². The first-order chi connectivity index (χ1) is 6.79. The van der Waals surface area contributed by atoms with Crippen LogP contribution in [0.25, 0.3) is 0 Å². The summed E-state index contributed by atoms with van der Waals surface area (Å²) >= 11 is 0. The third kappa shape index (κ3) is 2.98. The molecule has 0 aromatic carbocycles. The molecule has 1 aliphatic rings. The zero-order valence-corrected chi connectivity index (χ0v) is 9.38. The fourth-order valence-corrected chi connectivity index (χ4v) is 2.15. The van der Waals surface area contributed by atoms with Gasteiger partial charge in [-0.15, -0.1) is 0 Å². The number of nitrogens with zero attached hydrogens (tertiary/aromatic N) is 1. The van der Waals surface area contributed by atoms with Crippen molar-refractivity contribution in [2.24, 2.45) is 0 Å². The Kier molecular flexibility index (Phi) is 4.94. The van der Waals surface area contributed by atoms with Crippen LogP contribution >= 0.6 is 0 Å². The Hall–Kier alpha value is -0.570. The lowest BCUT2D eigenvalue weighted by atomic mass is 10.1. The molecule has 14 heavy (non-hydrogen) atoms. The number of hydrogen-bond donors (Lipinski definition) is 1. The number of carbonyl (C=O) groups excluding carboxylic acids is 1. The van der Waals surface area contributed by atoms with Gasteiger partial charge in [0.2, 0.25) is 5.91 Å². The fraction of sp³-hybridized carbons (Fsp3) is 0.909. The molecule has 1 aliphatic heterocycles. The molecule has 0 spiro atoms. The van der Waals surface area contributed by atoms with E-state index in [2.05, 4.69) is 17.1 Å². The predicted molar refractivity (Wildman–Crippen MR) is 58.2 cm³/mol. The maximum absolute atomic E-state index is 11.8. The van der Waals surface area contributed by atoms with E-state index in [1.807, 2.05) is 7.05 Å². The van der Waals surface area contributed by atoms with Crippen LogP contribution < -0.4 is 5.32 Å². The Bertz CT molecular complexity index is 182. The Morgan fingerprint density at radius 3 is 3.00 bits per heavy atom. The highest BCUT2D eigenvalue weighted by Crippen LogP contribution is 2.20. The first-order valence-corrected chi connectivity index (χ1v) is 5.73. The first kappa shape index (κ1) is 11.5. The second-order valence-electron chi connectivity index (χ2n) is 4.00. The maximum Gasteiger partial charge on any atom is 0.222 e. The van der Waals surface area contributed by atoms with Crippen molar-refractivity contribution < 1.29 is 4.79 Å². The molecule has 3 heteroatoms. The summed E-state index contributed by atoms with van der Waals surface area (Å²) in [6.07, 6.45) is 5.17. The van der Waals surface area contributed by atoms with Crippen molar-refractivity contribution in [2.45, 2.75) is 45.1 Å². The smallest absolute Gasteiger partial charge is 0.222 e. The Morgan fingerprint density at radius 1 is 1.57 bits per heavy atom. The second-order valence-corrected chi connectivity index (χ2v) is 4.00. The number of rotatable bonds is 5. The van der Waals surface area contributed by atoms with E-state index in [9.17, 15) is 4.79 Å². The number of nitrogens with one attached hydrogen (secondary N) is 1. The summed E-state index contributed by atoms with van der Waals surface area (Å²) in [5.41, 5.74) is 0. The summed E-state index contributed by atoms with van der Waals surface area (Å²) in [6.45, 7) is 4.09. The minimum absolute atomic E-state index is 0.351. The summed E-state index contributed by atoms with van der Waals surface area (Å²) < 4.78 is 0. The van der Waals surface area contributed by atoms with E-state index in [1.165, 1.54) is 12.8 Å². The van der Waals surface area contributed by atoms with Crippen molar-refractivity contribution in [1.82, 2.24) is 10.2 Å². The van der Waals surface area contributed by atoms with Gasteiger partial charge in [-0.25, -0.2) is 0 Å². The lowest BCUT2D eigenvalue weighted by Gasteiger charge is -2.23. The fourth-order valence-electron chi connectivity index (χ4n) is 2.15. The second kappa shape index (κ2) is 6.02. The molecule has 1 N–H and O–H groups in total. The summed E-state index contributed by atoms with van der Waals surface area (Å²) in [4.78, 5) is 13.9. The van der Waals surface area contributed by atoms with Gasteiger partial charge in [0, 0.05) is 19.0 Å². The van der Waals surface area contributed by atoms with E-state index in [0.717, 1.165) is 25.9 Å². The van der Waals surface area contributed by atoms with Crippen LogP contribution in [0.5, 0.6) is 0 Å². The van der Waals surface area contributed by atoms with Crippen LogP contribution in [-0.4, -0.2) is 37.0 Å². The topological polar surface area (TPSA) is 32.3 Å². The highest BCUT2D eigenvalue weighted by atomic mass is 16.2. The molecule has 0 radical (unpaired) electrons.